The van der Waals surface area contributed by atoms with Crippen molar-refractivity contribution >= 4 is 5.97 Å². The summed E-state index contributed by atoms with van der Waals surface area (Å²) >= 11 is 0. The van der Waals surface area contributed by atoms with Crippen molar-refractivity contribution in [3.05, 3.63) is 0 Å². The van der Waals surface area contributed by atoms with Crippen LogP contribution in [0, 0.1) is 0 Å². The van der Waals surface area contributed by atoms with Crippen LogP contribution in [0.25, 0.3) is 0 Å². The van der Waals surface area contributed by atoms with Gasteiger partial charge in [0, 0.05) is 0 Å². The zero-order valence-electron chi connectivity index (χ0n) is 12.0. The number of carbonyl (C=O) groups is 1. The van der Waals surface area contributed by atoms with E-state index in [2.05, 4.69) is 0 Å². The number of hydrogen-bond donors (Lipinski definition) is 1. The number of rotatable bonds is 1. The first kappa shape index (κ1) is 14.2. The largest absolute Gasteiger partial charge is 0.455 e. The molecular formula is C13H20O7. The van der Waals surface area contributed by atoms with E-state index in [1.165, 1.54) is 0 Å². The lowest BCUT2D eigenvalue weighted by molar-refractivity contribution is -0.208. The number of carbonyl (C=O) groups excluding carboxylic acids is 1. The molecule has 7 nitrogen and oxygen atoms in total. The van der Waals surface area contributed by atoms with E-state index in [9.17, 15) is 9.90 Å². The summed E-state index contributed by atoms with van der Waals surface area (Å²) < 4.78 is 27.9. The minimum absolute atomic E-state index is 0.300. The molecule has 3 aliphatic rings. The summed E-state index contributed by atoms with van der Waals surface area (Å²) in [4.78, 5) is 11.8. The Bertz CT molecular complexity index is 419. The quantitative estimate of drug-likeness (QED) is 0.677. The highest BCUT2D eigenvalue weighted by Crippen LogP contribution is 2.39. The Morgan fingerprint density at radius 1 is 1.00 bits per heavy atom. The van der Waals surface area contributed by atoms with E-state index in [1.807, 2.05) is 0 Å². The van der Waals surface area contributed by atoms with Gasteiger partial charge in [-0.2, -0.15) is 0 Å². The maximum absolute atomic E-state index is 11.8. The molecule has 0 aliphatic carbocycles. The molecule has 0 amide bonds. The van der Waals surface area contributed by atoms with Gasteiger partial charge in [-0.25, -0.2) is 4.79 Å². The van der Waals surface area contributed by atoms with E-state index in [0.717, 1.165) is 0 Å². The molecule has 0 unspecified atom stereocenters. The first-order chi connectivity index (χ1) is 9.19. The topological polar surface area (TPSA) is 83.5 Å². The van der Waals surface area contributed by atoms with E-state index >= 15 is 0 Å². The van der Waals surface area contributed by atoms with Crippen molar-refractivity contribution < 1.29 is 33.6 Å². The van der Waals surface area contributed by atoms with Gasteiger partial charge in [0.15, 0.2) is 23.8 Å². The van der Waals surface area contributed by atoms with Crippen molar-refractivity contribution in [2.24, 2.45) is 0 Å². The number of hydrogen-bond acceptors (Lipinski definition) is 7. The van der Waals surface area contributed by atoms with Crippen molar-refractivity contribution in [3.63, 3.8) is 0 Å². The monoisotopic (exact) mass is 288 g/mol. The summed E-state index contributed by atoms with van der Waals surface area (Å²) in [6.07, 6.45) is -3.75. The first-order valence-corrected chi connectivity index (χ1v) is 6.74. The molecule has 3 heterocycles. The molecule has 3 saturated heterocycles. The minimum Gasteiger partial charge on any atom is -0.455 e. The molecule has 1 N–H and O–H groups in total. The fraction of sp³-hybridized carbons (Fsp3) is 0.923. The van der Waals surface area contributed by atoms with E-state index in [4.69, 9.17) is 23.7 Å². The van der Waals surface area contributed by atoms with Gasteiger partial charge >= 0.3 is 5.97 Å². The summed E-state index contributed by atoms with van der Waals surface area (Å²) in [5.41, 5.74) is 0. The zero-order chi connectivity index (χ0) is 14.7. The molecule has 3 aliphatic heterocycles. The summed E-state index contributed by atoms with van der Waals surface area (Å²) in [5, 5.41) is 9.89. The second-order valence-electron chi connectivity index (χ2n) is 6.28. The third-order valence-electron chi connectivity index (χ3n) is 3.69. The van der Waals surface area contributed by atoms with Gasteiger partial charge in [0.25, 0.3) is 0 Å². The number of aliphatic hydroxyl groups excluding tert-OH is 1. The van der Waals surface area contributed by atoms with Crippen LogP contribution >= 0.6 is 0 Å². The van der Waals surface area contributed by atoms with Crippen LogP contribution in [-0.2, 0) is 28.5 Å². The maximum atomic E-state index is 11.8. The van der Waals surface area contributed by atoms with Gasteiger partial charge in [-0.1, -0.05) is 0 Å². The summed E-state index contributed by atoms with van der Waals surface area (Å²) in [6, 6.07) is 0. The minimum atomic E-state index is -1.34. The molecule has 114 valence electrons. The third kappa shape index (κ3) is 2.33. The van der Waals surface area contributed by atoms with Gasteiger partial charge in [0.05, 0.1) is 6.61 Å². The van der Waals surface area contributed by atoms with E-state index < -0.39 is 48.1 Å². The molecule has 20 heavy (non-hydrogen) atoms. The van der Waals surface area contributed by atoms with Gasteiger partial charge < -0.3 is 28.8 Å². The van der Waals surface area contributed by atoms with Crippen LogP contribution in [-0.4, -0.2) is 59.8 Å². The van der Waals surface area contributed by atoms with Crippen molar-refractivity contribution in [1.29, 1.82) is 0 Å². The lowest BCUT2D eigenvalue weighted by atomic mass is 9.96. The predicted molar refractivity (Wildman–Crippen MR) is 64.6 cm³/mol. The molecule has 0 aromatic carbocycles. The number of ether oxygens (including phenoxy) is 5. The van der Waals surface area contributed by atoms with Crippen molar-refractivity contribution in [2.45, 2.75) is 69.8 Å². The fourth-order valence-electron chi connectivity index (χ4n) is 2.89. The van der Waals surface area contributed by atoms with E-state index in [0.29, 0.717) is 6.61 Å². The summed E-state index contributed by atoms with van der Waals surface area (Å²) in [5.74, 6) is -2.32. The molecule has 0 saturated carbocycles. The Kier molecular flexibility index (Phi) is 3.11. The van der Waals surface area contributed by atoms with Crippen LogP contribution < -0.4 is 0 Å². The standard InChI is InChI=1S/C13H20O7/c1-12(2)16-5-6(18-12)8-10-9(7(14)11(15)17-8)19-13(3,4)20-10/h6-10,14H,5H2,1-4H3/t6-,7+,8-,9-,10+/m1/s1. The Hall–Kier alpha value is -0.730. The molecule has 0 radical (unpaired) electrons. The van der Waals surface area contributed by atoms with Gasteiger partial charge in [0.2, 0.25) is 0 Å². The summed E-state index contributed by atoms with van der Waals surface area (Å²) in [7, 11) is 0. The summed E-state index contributed by atoms with van der Waals surface area (Å²) in [6.45, 7) is 7.35. The SMILES string of the molecule is CC1(C)O[C@@H]2[C@H](O1)[C@H](O)C(=O)O[C@@H]2[C@H]1COC(C)(C)O1. The van der Waals surface area contributed by atoms with Crippen LogP contribution in [0.1, 0.15) is 27.7 Å². The number of esters is 1. The van der Waals surface area contributed by atoms with Crippen LogP contribution in [0.4, 0.5) is 0 Å². The molecule has 3 rings (SSSR count). The molecule has 0 aromatic heterocycles. The highest BCUT2D eigenvalue weighted by Gasteiger charge is 2.58. The molecule has 5 atom stereocenters. The van der Waals surface area contributed by atoms with Crippen LogP contribution in [0.5, 0.6) is 0 Å². The van der Waals surface area contributed by atoms with Crippen molar-refractivity contribution in [2.75, 3.05) is 6.61 Å². The number of cyclic esters (lactones) is 1. The second-order valence-corrected chi connectivity index (χ2v) is 6.28. The smallest absolute Gasteiger partial charge is 0.338 e. The van der Waals surface area contributed by atoms with Crippen LogP contribution in [0.2, 0.25) is 0 Å². The molecule has 0 aromatic rings. The van der Waals surface area contributed by atoms with Gasteiger partial charge in [-0.3, -0.25) is 0 Å². The predicted octanol–water partition coefficient (Wildman–Crippen LogP) is -0.0557. The van der Waals surface area contributed by atoms with Gasteiger partial charge in [-0.15, -0.1) is 0 Å². The Balaban J connectivity index is 1.82. The average molecular weight is 288 g/mol. The number of fused-ring (bicyclic) bond motifs is 1. The highest BCUT2D eigenvalue weighted by atomic mass is 16.8. The van der Waals surface area contributed by atoms with E-state index in [-0.39, 0.29) is 0 Å². The Labute approximate surface area is 117 Å². The lowest BCUT2D eigenvalue weighted by Gasteiger charge is -2.36. The zero-order valence-corrected chi connectivity index (χ0v) is 12.0. The molecule has 0 spiro atoms. The van der Waals surface area contributed by atoms with Crippen LogP contribution in [0.15, 0.2) is 0 Å². The Morgan fingerprint density at radius 3 is 2.25 bits per heavy atom. The van der Waals surface area contributed by atoms with Gasteiger partial charge in [0.1, 0.15) is 18.3 Å². The van der Waals surface area contributed by atoms with Crippen molar-refractivity contribution in [1.82, 2.24) is 0 Å². The lowest BCUT2D eigenvalue weighted by Crippen LogP contribution is -2.58. The first-order valence-electron chi connectivity index (χ1n) is 6.74. The number of aliphatic hydroxyl groups is 1. The highest BCUT2D eigenvalue weighted by molar-refractivity contribution is 5.76. The fourth-order valence-corrected chi connectivity index (χ4v) is 2.89. The third-order valence-corrected chi connectivity index (χ3v) is 3.69. The second kappa shape index (κ2) is 4.38. The maximum Gasteiger partial charge on any atom is 0.338 e. The normalized spacial score (nSPS) is 46.0. The van der Waals surface area contributed by atoms with E-state index in [1.54, 1.807) is 27.7 Å². The molecule has 0 bridgehead atoms. The molecule has 7 heteroatoms. The molecule has 3 fully saturated rings. The average Bonchev–Trinajstić information content (AvgIpc) is 2.83. The van der Waals surface area contributed by atoms with Crippen LogP contribution in [0.3, 0.4) is 0 Å². The van der Waals surface area contributed by atoms with Crippen molar-refractivity contribution in [3.8, 4) is 0 Å². The van der Waals surface area contributed by atoms with Gasteiger partial charge in [-0.05, 0) is 27.7 Å². The Morgan fingerprint density at radius 2 is 1.65 bits per heavy atom. The molecular weight excluding hydrogens is 268 g/mol.